The second-order valence-electron chi connectivity index (χ2n) is 6.58. The summed E-state index contributed by atoms with van der Waals surface area (Å²) >= 11 is 0. The van der Waals surface area contributed by atoms with Crippen LogP contribution in [-0.4, -0.2) is 17.3 Å². The Morgan fingerprint density at radius 3 is 2.06 bits per heavy atom. The normalized spacial score (nSPS) is 43.5. The van der Waals surface area contributed by atoms with E-state index in [-0.39, 0.29) is 5.41 Å². The van der Waals surface area contributed by atoms with Crippen LogP contribution in [0.5, 0.6) is 0 Å². The van der Waals surface area contributed by atoms with Crippen LogP contribution in [-0.2, 0) is 0 Å². The minimum atomic E-state index is -0.477. The molecule has 2 heteroatoms. The van der Waals surface area contributed by atoms with Crippen LogP contribution in [0.4, 0.5) is 0 Å². The van der Waals surface area contributed by atoms with E-state index in [4.69, 9.17) is 5.73 Å². The quantitative estimate of drug-likeness (QED) is 0.759. The van der Waals surface area contributed by atoms with Crippen LogP contribution in [0.25, 0.3) is 0 Å². The monoisotopic (exact) mass is 225 g/mol. The molecule has 0 aromatic carbocycles. The molecule has 0 saturated heterocycles. The van der Waals surface area contributed by atoms with Gasteiger partial charge in [0.25, 0.3) is 0 Å². The summed E-state index contributed by atoms with van der Waals surface area (Å²) in [5.41, 5.74) is 5.58. The first kappa shape index (κ1) is 12.4. The fraction of sp³-hybridized carbons (Fsp3) is 1.00. The summed E-state index contributed by atoms with van der Waals surface area (Å²) in [5, 5.41) is 11.1. The lowest BCUT2D eigenvalue weighted by Crippen LogP contribution is -2.54. The van der Waals surface area contributed by atoms with E-state index in [1.165, 1.54) is 19.3 Å². The van der Waals surface area contributed by atoms with Gasteiger partial charge in [0.15, 0.2) is 0 Å². The van der Waals surface area contributed by atoms with E-state index < -0.39 is 5.60 Å². The smallest absolute Gasteiger partial charge is 0.0720 e. The highest BCUT2D eigenvalue weighted by atomic mass is 16.3. The predicted molar refractivity (Wildman–Crippen MR) is 67.1 cm³/mol. The molecular weight excluding hydrogens is 198 g/mol. The molecule has 94 valence electrons. The van der Waals surface area contributed by atoms with Crippen molar-refractivity contribution in [3.8, 4) is 0 Å². The molecule has 0 aromatic rings. The van der Waals surface area contributed by atoms with Gasteiger partial charge in [0.2, 0.25) is 0 Å². The lowest BCUT2D eigenvalue weighted by molar-refractivity contribution is -0.125. The Labute approximate surface area is 99.6 Å². The summed E-state index contributed by atoms with van der Waals surface area (Å²) in [5.74, 6) is 1.30. The SMILES string of the molecule is CC1CC(C)CC(O)(C2(CN)CCCC2)C1. The van der Waals surface area contributed by atoms with Gasteiger partial charge >= 0.3 is 0 Å². The highest BCUT2D eigenvalue weighted by Gasteiger charge is 2.52. The Kier molecular flexibility index (Phi) is 3.33. The predicted octanol–water partition coefficient (Wildman–Crippen LogP) is 2.69. The highest BCUT2D eigenvalue weighted by molar-refractivity contribution is 5.05. The van der Waals surface area contributed by atoms with E-state index in [2.05, 4.69) is 13.8 Å². The van der Waals surface area contributed by atoms with Gasteiger partial charge in [-0.3, -0.25) is 0 Å². The molecule has 2 nitrogen and oxygen atoms in total. The summed E-state index contributed by atoms with van der Waals surface area (Å²) < 4.78 is 0. The zero-order valence-corrected chi connectivity index (χ0v) is 10.8. The number of aliphatic hydroxyl groups is 1. The Morgan fingerprint density at radius 2 is 1.62 bits per heavy atom. The largest absolute Gasteiger partial charge is 0.389 e. The molecule has 16 heavy (non-hydrogen) atoms. The summed E-state index contributed by atoms with van der Waals surface area (Å²) in [6, 6.07) is 0. The minimum Gasteiger partial charge on any atom is -0.389 e. The molecule has 2 fully saturated rings. The van der Waals surface area contributed by atoms with E-state index in [1.807, 2.05) is 0 Å². The van der Waals surface area contributed by atoms with Gasteiger partial charge < -0.3 is 10.8 Å². The molecular formula is C14H27NO. The molecule has 2 aliphatic rings. The molecule has 0 heterocycles. The van der Waals surface area contributed by atoms with E-state index in [0.717, 1.165) is 25.7 Å². The average Bonchev–Trinajstić information content (AvgIpc) is 2.64. The molecule has 2 rings (SSSR count). The summed E-state index contributed by atoms with van der Waals surface area (Å²) in [6.07, 6.45) is 7.98. The van der Waals surface area contributed by atoms with Gasteiger partial charge in [-0.15, -0.1) is 0 Å². The second-order valence-corrected chi connectivity index (χ2v) is 6.58. The molecule has 0 bridgehead atoms. The van der Waals surface area contributed by atoms with Crippen molar-refractivity contribution in [3.05, 3.63) is 0 Å². The summed E-state index contributed by atoms with van der Waals surface area (Å²) in [6.45, 7) is 5.22. The molecule has 2 unspecified atom stereocenters. The van der Waals surface area contributed by atoms with Crippen molar-refractivity contribution in [1.82, 2.24) is 0 Å². The third-order valence-electron chi connectivity index (χ3n) is 5.12. The number of nitrogens with two attached hydrogens (primary N) is 1. The Morgan fingerprint density at radius 1 is 1.12 bits per heavy atom. The van der Waals surface area contributed by atoms with Crippen molar-refractivity contribution in [2.75, 3.05) is 6.54 Å². The van der Waals surface area contributed by atoms with Gasteiger partial charge in [0.05, 0.1) is 5.60 Å². The zero-order valence-electron chi connectivity index (χ0n) is 10.8. The van der Waals surface area contributed by atoms with Crippen molar-refractivity contribution in [1.29, 1.82) is 0 Å². The van der Waals surface area contributed by atoms with Crippen molar-refractivity contribution in [2.45, 2.75) is 64.4 Å². The van der Waals surface area contributed by atoms with E-state index in [0.29, 0.717) is 18.4 Å². The maximum atomic E-state index is 11.1. The minimum absolute atomic E-state index is 0.0376. The Bertz CT molecular complexity index is 235. The first-order valence-corrected chi connectivity index (χ1v) is 6.94. The first-order chi connectivity index (χ1) is 7.51. The highest BCUT2D eigenvalue weighted by Crippen LogP contribution is 2.53. The van der Waals surface area contributed by atoms with E-state index in [9.17, 15) is 5.11 Å². The maximum Gasteiger partial charge on any atom is 0.0720 e. The van der Waals surface area contributed by atoms with Crippen molar-refractivity contribution in [3.63, 3.8) is 0 Å². The van der Waals surface area contributed by atoms with E-state index >= 15 is 0 Å². The topological polar surface area (TPSA) is 46.2 Å². The van der Waals surface area contributed by atoms with Crippen molar-refractivity contribution < 1.29 is 5.11 Å². The molecule has 0 amide bonds. The van der Waals surface area contributed by atoms with Gasteiger partial charge in [0.1, 0.15) is 0 Å². The molecule has 0 radical (unpaired) electrons. The van der Waals surface area contributed by atoms with Crippen LogP contribution >= 0.6 is 0 Å². The fourth-order valence-electron chi connectivity index (χ4n) is 4.43. The fourth-order valence-corrected chi connectivity index (χ4v) is 4.43. The second kappa shape index (κ2) is 4.30. The van der Waals surface area contributed by atoms with Gasteiger partial charge in [0, 0.05) is 12.0 Å². The molecule has 0 aromatic heterocycles. The number of rotatable bonds is 2. The third-order valence-corrected chi connectivity index (χ3v) is 5.12. The van der Waals surface area contributed by atoms with Crippen LogP contribution in [0.15, 0.2) is 0 Å². The molecule has 0 aliphatic heterocycles. The van der Waals surface area contributed by atoms with Gasteiger partial charge in [-0.05, 0) is 43.9 Å². The van der Waals surface area contributed by atoms with Crippen molar-refractivity contribution >= 4 is 0 Å². The van der Waals surface area contributed by atoms with E-state index in [1.54, 1.807) is 0 Å². The van der Waals surface area contributed by atoms with Gasteiger partial charge in [-0.1, -0.05) is 26.7 Å². The maximum absolute atomic E-state index is 11.1. The van der Waals surface area contributed by atoms with Gasteiger partial charge in [-0.2, -0.15) is 0 Å². The Hall–Kier alpha value is -0.0800. The van der Waals surface area contributed by atoms with Crippen LogP contribution in [0.2, 0.25) is 0 Å². The zero-order chi connectivity index (χ0) is 11.8. The summed E-state index contributed by atoms with van der Waals surface area (Å²) in [7, 11) is 0. The standard InChI is InChI=1S/C14H27NO/c1-11-7-12(2)9-14(16,8-11)13(10-15)5-3-4-6-13/h11-12,16H,3-10,15H2,1-2H3. The molecule has 3 N–H and O–H groups in total. The van der Waals surface area contributed by atoms with Crippen LogP contribution < -0.4 is 5.73 Å². The van der Waals surface area contributed by atoms with Crippen molar-refractivity contribution in [2.24, 2.45) is 23.0 Å². The Balaban J connectivity index is 2.21. The van der Waals surface area contributed by atoms with Crippen LogP contribution in [0, 0.1) is 17.3 Å². The molecule has 2 aliphatic carbocycles. The molecule has 2 atom stereocenters. The lowest BCUT2D eigenvalue weighted by Gasteiger charge is -2.50. The average molecular weight is 225 g/mol. The number of hydrogen-bond acceptors (Lipinski definition) is 2. The van der Waals surface area contributed by atoms with Crippen LogP contribution in [0.1, 0.15) is 58.8 Å². The summed E-state index contributed by atoms with van der Waals surface area (Å²) in [4.78, 5) is 0. The molecule has 2 saturated carbocycles. The lowest BCUT2D eigenvalue weighted by atomic mass is 9.60. The van der Waals surface area contributed by atoms with Gasteiger partial charge in [-0.25, -0.2) is 0 Å². The third kappa shape index (κ3) is 1.91. The first-order valence-electron chi connectivity index (χ1n) is 6.94. The number of hydrogen-bond donors (Lipinski definition) is 2. The molecule has 0 spiro atoms. The van der Waals surface area contributed by atoms with Crippen LogP contribution in [0.3, 0.4) is 0 Å².